The number of nitrogens with one attached hydrogen (secondary N) is 1. The monoisotopic (exact) mass is 641 g/mol. The number of rotatable bonds is 10. The summed E-state index contributed by atoms with van der Waals surface area (Å²) < 4.78 is 6.59. The van der Waals surface area contributed by atoms with Crippen molar-refractivity contribution in [3.05, 3.63) is 80.6 Å². The van der Waals surface area contributed by atoms with Gasteiger partial charge in [-0.25, -0.2) is 4.99 Å². The van der Waals surface area contributed by atoms with Crippen molar-refractivity contribution in [3.63, 3.8) is 0 Å². The number of ether oxygens (including phenoxy) is 1. The molecule has 2 atom stereocenters. The molecule has 7 nitrogen and oxygen atoms in total. The summed E-state index contributed by atoms with van der Waals surface area (Å²) in [5, 5.41) is 3.78. The normalized spacial score (nSPS) is 20.3. The number of carbonyl (C=O) groups is 1. The van der Waals surface area contributed by atoms with Crippen LogP contribution in [0.4, 0.5) is 0 Å². The Labute approximate surface area is 284 Å². The first-order valence-corrected chi connectivity index (χ1v) is 17.9. The van der Waals surface area contributed by atoms with Crippen LogP contribution in [0.5, 0.6) is 5.75 Å². The molecule has 0 saturated carbocycles. The van der Waals surface area contributed by atoms with Crippen molar-refractivity contribution in [2.75, 3.05) is 39.3 Å². The highest BCUT2D eigenvalue weighted by atomic mass is 16.5. The van der Waals surface area contributed by atoms with E-state index in [-0.39, 0.29) is 12.1 Å². The van der Waals surface area contributed by atoms with Crippen molar-refractivity contribution >= 4 is 17.8 Å². The zero-order chi connectivity index (χ0) is 34.4. The summed E-state index contributed by atoms with van der Waals surface area (Å²) in [6.07, 6.45) is 4.43. The fraction of sp³-hybridized carbons (Fsp3) is 0.550. The SMILES string of the molecule is CC.CCC1=Cc2c(ccc(C(C)C)c2C2=NC(N3CCN(CC(N)=O)CC3)C(COc3cc(C(C)C)ccc3C)=C(C)N2)[C@H](C)C1. The molecule has 1 aliphatic carbocycles. The molecule has 256 valence electrons. The van der Waals surface area contributed by atoms with Gasteiger partial charge in [-0.3, -0.25) is 14.6 Å². The predicted octanol–water partition coefficient (Wildman–Crippen LogP) is 7.70. The fourth-order valence-electron chi connectivity index (χ4n) is 6.96. The second kappa shape index (κ2) is 16.1. The quantitative estimate of drug-likeness (QED) is 0.278. The molecule has 2 aromatic carbocycles. The smallest absolute Gasteiger partial charge is 0.231 e. The van der Waals surface area contributed by atoms with Crippen molar-refractivity contribution in [2.24, 2.45) is 10.7 Å². The molecule has 1 saturated heterocycles. The second-order valence-corrected chi connectivity index (χ2v) is 13.8. The van der Waals surface area contributed by atoms with E-state index in [1.807, 2.05) is 13.8 Å². The van der Waals surface area contributed by atoms with Crippen LogP contribution in [-0.4, -0.2) is 67.0 Å². The van der Waals surface area contributed by atoms with Crippen LogP contribution in [0.2, 0.25) is 0 Å². The molecule has 0 spiro atoms. The Bertz CT molecular complexity index is 1510. The first kappa shape index (κ1) is 36.4. The molecule has 2 aliphatic heterocycles. The molecule has 1 amide bonds. The molecule has 1 fully saturated rings. The number of aryl methyl sites for hydroxylation is 1. The Morgan fingerprint density at radius 3 is 2.36 bits per heavy atom. The van der Waals surface area contributed by atoms with Gasteiger partial charge in [0.15, 0.2) is 0 Å². The number of hydrogen-bond acceptors (Lipinski definition) is 6. The third kappa shape index (κ3) is 8.36. The third-order valence-electron chi connectivity index (χ3n) is 9.82. The van der Waals surface area contributed by atoms with Gasteiger partial charge < -0.3 is 15.8 Å². The van der Waals surface area contributed by atoms with Gasteiger partial charge in [-0.15, -0.1) is 0 Å². The fourth-order valence-corrected chi connectivity index (χ4v) is 6.96. The number of amidine groups is 1. The van der Waals surface area contributed by atoms with Gasteiger partial charge in [-0.1, -0.05) is 91.3 Å². The lowest BCUT2D eigenvalue weighted by atomic mass is 9.78. The minimum absolute atomic E-state index is 0.169. The lowest BCUT2D eigenvalue weighted by Gasteiger charge is -2.40. The number of fused-ring (bicyclic) bond motifs is 1. The van der Waals surface area contributed by atoms with E-state index >= 15 is 0 Å². The molecule has 0 bridgehead atoms. The Morgan fingerprint density at radius 2 is 1.74 bits per heavy atom. The molecule has 47 heavy (non-hydrogen) atoms. The van der Waals surface area contributed by atoms with Gasteiger partial charge in [-0.2, -0.15) is 0 Å². The zero-order valence-electron chi connectivity index (χ0n) is 30.7. The van der Waals surface area contributed by atoms with E-state index in [1.165, 1.54) is 33.4 Å². The van der Waals surface area contributed by atoms with E-state index < -0.39 is 0 Å². The summed E-state index contributed by atoms with van der Waals surface area (Å²) in [5.41, 5.74) is 17.0. The van der Waals surface area contributed by atoms with Crippen molar-refractivity contribution in [1.82, 2.24) is 15.1 Å². The average molecular weight is 642 g/mol. The van der Waals surface area contributed by atoms with Crippen LogP contribution >= 0.6 is 0 Å². The van der Waals surface area contributed by atoms with E-state index in [0.717, 1.165) is 67.4 Å². The second-order valence-electron chi connectivity index (χ2n) is 13.8. The molecule has 2 aromatic rings. The van der Waals surface area contributed by atoms with Crippen LogP contribution in [0.25, 0.3) is 6.08 Å². The van der Waals surface area contributed by atoms with E-state index in [2.05, 4.69) is 107 Å². The lowest BCUT2D eigenvalue weighted by molar-refractivity contribution is -0.119. The number of benzene rings is 2. The van der Waals surface area contributed by atoms with Gasteiger partial charge in [0.1, 0.15) is 24.4 Å². The highest BCUT2D eigenvalue weighted by Gasteiger charge is 2.34. The van der Waals surface area contributed by atoms with Crippen molar-refractivity contribution in [1.29, 1.82) is 0 Å². The number of allylic oxidation sites excluding steroid dienone is 2. The van der Waals surface area contributed by atoms with Crippen LogP contribution in [0.3, 0.4) is 0 Å². The van der Waals surface area contributed by atoms with Crippen molar-refractivity contribution in [3.8, 4) is 5.75 Å². The van der Waals surface area contributed by atoms with Gasteiger partial charge in [0.2, 0.25) is 5.91 Å². The molecule has 0 radical (unpaired) electrons. The van der Waals surface area contributed by atoms with Crippen LogP contribution in [-0.2, 0) is 4.79 Å². The minimum atomic E-state index is -0.279. The topological polar surface area (TPSA) is 83.2 Å². The number of piperazine rings is 1. The number of primary amides is 1. The first-order valence-electron chi connectivity index (χ1n) is 17.9. The van der Waals surface area contributed by atoms with Crippen LogP contribution in [0.15, 0.2) is 52.2 Å². The number of aliphatic imine (C=N–C) groups is 1. The number of nitrogens with zero attached hydrogens (tertiary/aromatic N) is 3. The van der Waals surface area contributed by atoms with E-state index in [4.69, 9.17) is 15.5 Å². The number of carbonyl (C=O) groups excluding carboxylic acids is 1. The molecular formula is C40H59N5O2. The van der Waals surface area contributed by atoms with Gasteiger partial charge in [-0.05, 0) is 78.3 Å². The molecule has 3 N–H and O–H groups in total. The summed E-state index contributed by atoms with van der Waals surface area (Å²) in [5.74, 6) is 2.85. The Kier molecular flexibility index (Phi) is 12.5. The summed E-state index contributed by atoms with van der Waals surface area (Å²) in [4.78, 5) is 21.8. The summed E-state index contributed by atoms with van der Waals surface area (Å²) in [6, 6.07) is 11.2. The van der Waals surface area contributed by atoms with E-state index in [1.54, 1.807) is 0 Å². The molecule has 1 unspecified atom stereocenters. The number of hydrogen-bond donors (Lipinski definition) is 2. The number of nitrogens with two attached hydrogens (primary N) is 1. The maximum absolute atomic E-state index is 11.6. The molecule has 7 heteroatoms. The largest absolute Gasteiger partial charge is 0.489 e. The van der Waals surface area contributed by atoms with Gasteiger partial charge in [0.05, 0.1) is 6.54 Å². The van der Waals surface area contributed by atoms with Crippen molar-refractivity contribution < 1.29 is 9.53 Å². The molecule has 5 rings (SSSR count). The summed E-state index contributed by atoms with van der Waals surface area (Å²) >= 11 is 0. The van der Waals surface area contributed by atoms with E-state index in [0.29, 0.717) is 30.9 Å². The minimum Gasteiger partial charge on any atom is -0.489 e. The van der Waals surface area contributed by atoms with Gasteiger partial charge in [0.25, 0.3) is 0 Å². The van der Waals surface area contributed by atoms with Crippen LogP contribution < -0.4 is 15.8 Å². The van der Waals surface area contributed by atoms with E-state index in [9.17, 15) is 4.79 Å². The zero-order valence-corrected chi connectivity index (χ0v) is 30.7. The number of amides is 1. The average Bonchev–Trinajstić information content (AvgIpc) is 3.04. The highest BCUT2D eigenvalue weighted by Crippen LogP contribution is 2.40. The molecule has 0 aromatic heterocycles. The van der Waals surface area contributed by atoms with Gasteiger partial charge in [0, 0.05) is 43.0 Å². The van der Waals surface area contributed by atoms with Crippen LogP contribution in [0.1, 0.15) is 126 Å². The predicted molar refractivity (Wildman–Crippen MR) is 197 cm³/mol. The summed E-state index contributed by atoms with van der Waals surface area (Å²) in [6.45, 7) is 25.8. The first-order chi connectivity index (χ1) is 22.5. The summed E-state index contributed by atoms with van der Waals surface area (Å²) in [7, 11) is 0. The standard InChI is InChI=1S/C38H53N5O2.C2H6/c1-9-28-18-26(7)31-13-12-30(24(4)5)36(32(31)19-28)37-40-27(8)33(22-45-34-20-29(23(2)3)11-10-25(34)6)38(41-37)43-16-14-42(15-17-43)21-35(39)44;1-2/h10-13,19-20,23-24,26,38H,9,14-18,21-22H2,1-8H3,(H2,39,44)(H,40,41);1-2H3/t26-,38?;/m1./s1. The Morgan fingerprint density at radius 1 is 1.04 bits per heavy atom. The van der Waals surface area contributed by atoms with Crippen molar-refractivity contribution in [2.45, 2.75) is 106 Å². The van der Waals surface area contributed by atoms with Crippen LogP contribution in [0, 0.1) is 6.92 Å². The maximum Gasteiger partial charge on any atom is 0.231 e. The Hall–Kier alpha value is -3.42. The molecular weight excluding hydrogens is 582 g/mol. The highest BCUT2D eigenvalue weighted by molar-refractivity contribution is 6.05. The molecule has 3 aliphatic rings. The third-order valence-corrected chi connectivity index (χ3v) is 9.82. The maximum atomic E-state index is 11.6. The Balaban J connectivity index is 0.00000245. The van der Waals surface area contributed by atoms with Gasteiger partial charge >= 0.3 is 0 Å². The lowest BCUT2D eigenvalue weighted by Crippen LogP contribution is -2.54. The molecule has 2 heterocycles.